The summed E-state index contributed by atoms with van der Waals surface area (Å²) in [5.74, 6) is 0.152. The van der Waals surface area contributed by atoms with E-state index < -0.39 is 0 Å². The smallest absolute Gasteiger partial charge is 0.227 e. The summed E-state index contributed by atoms with van der Waals surface area (Å²) >= 11 is 0. The largest absolute Gasteiger partial charge is 0.327 e. The number of hydrogen-bond donors (Lipinski definition) is 1. The van der Waals surface area contributed by atoms with Gasteiger partial charge in [0, 0.05) is 31.6 Å². The molecule has 0 radical (unpaired) electrons. The number of amides is 3. The molecule has 0 bridgehead atoms. The topological polar surface area (TPSA) is 69.7 Å². The lowest BCUT2D eigenvalue weighted by Gasteiger charge is -2.23. The van der Waals surface area contributed by atoms with Crippen LogP contribution in [0.25, 0.3) is 0 Å². The molecule has 0 saturated carbocycles. The first kappa shape index (κ1) is 13.6. The molecule has 2 heterocycles. The van der Waals surface area contributed by atoms with Gasteiger partial charge in [-0.3, -0.25) is 14.4 Å². The van der Waals surface area contributed by atoms with E-state index >= 15 is 0 Å². The Bertz CT molecular complexity index is 600. The van der Waals surface area contributed by atoms with Crippen LogP contribution in [0.1, 0.15) is 25.7 Å². The van der Waals surface area contributed by atoms with Gasteiger partial charge in [0.2, 0.25) is 18.2 Å². The Morgan fingerprint density at radius 2 is 1.67 bits per heavy atom. The molecule has 2 fully saturated rings. The van der Waals surface area contributed by atoms with Crippen LogP contribution >= 0.6 is 0 Å². The Morgan fingerprint density at radius 1 is 1.00 bits per heavy atom. The zero-order valence-electron chi connectivity index (χ0n) is 11.7. The fraction of sp³-hybridized carbons (Fsp3) is 0.400. The van der Waals surface area contributed by atoms with Crippen LogP contribution in [0.2, 0.25) is 0 Å². The molecule has 0 unspecified atom stereocenters. The zero-order chi connectivity index (χ0) is 14.8. The van der Waals surface area contributed by atoms with Crippen LogP contribution in [0.4, 0.5) is 17.1 Å². The minimum Gasteiger partial charge on any atom is -0.327 e. The van der Waals surface area contributed by atoms with Gasteiger partial charge in [-0.05, 0) is 31.0 Å². The highest BCUT2D eigenvalue weighted by atomic mass is 16.2. The third kappa shape index (κ3) is 2.49. The average molecular weight is 287 g/mol. The lowest BCUT2D eigenvalue weighted by atomic mass is 10.2. The molecule has 1 aromatic carbocycles. The molecule has 3 amide bonds. The molecule has 2 saturated heterocycles. The number of nitrogens with one attached hydrogen (secondary N) is 1. The van der Waals surface area contributed by atoms with Crippen molar-refractivity contribution < 1.29 is 14.4 Å². The average Bonchev–Trinajstić information content (AvgIpc) is 3.08. The summed E-state index contributed by atoms with van der Waals surface area (Å²) in [7, 11) is 0. The molecule has 0 spiro atoms. The van der Waals surface area contributed by atoms with E-state index in [0.717, 1.165) is 18.5 Å². The monoisotopic (exact) mass is 287 g/mol. The van der Waals surface area contributed by atoms with Crippen LogP contribution in [0.15, 0.2) is 18.2 Å². The molecule has 1 N–H and O–H groups in total. The van der Waals surface area contributed by atoms with Crippen LogP contribution in [0.3, 0.4) is 0 Å². The van der Waals surface area contributed by atoms with Crippen molar-refractivity contribution in [1.82, 2.24) is 0 Å². The van der Waals surface area contributed by atoms with Crippen molar-refractivity contribution in [2.75, 3.05) is 28.2 Å². The summed E-state index contributed by atoms with van der Waals surface area (Å²) in [5.41, 5.74) is 2.04. The summed E-state index contributed by atoms with van der Waals surface area (Å²) in [5, 5.41) is 2.62. The quantitative estimate of drug-likeness (QED) is 0.853. The van der Waals surface area contributed by atoms with Crippen molar-refractivity contribution in [2.45, 2.75) is 25.7 Å². The Labute approximate surface area is 122 Å². The highest BCUT2D eigenvalue weighted by molar-refractivity contribution is 6.02. The summed E-state index contributed by atoms with van der Waals surface area (Å²) in [4.78, 5) is 38.0. The molecule has 0 aromatic heterocycles. The number of rotatable bonds is 4. The molecule has 21 heavy (non-hydrogen) atoms. The summed E-state index contributed by atoms with van der Waals surface area (Å²) in [6.45, 7) is 1.34. The third-order valence-electron chi connectivity index (χ3n) is 3.95. The molecule has 110 valence electrons. The molecule has 1 aromatic rings. The molecular formula is C15H17N3O3. The van der Waals surface area contributed by atoms with Crippen molar-refractivity contribution in [3.8, 4) is 0 Å². The van der Waals surface area contributed by atoms with E-state index in [1.807, 2.05) is 6.07 Å². The molecule has 0 aliphatic carbocycles. The maximum Gasteiger partial charge on any atom is 0.227 e. The number of anilines is 3. The first-order chi connectivity index (χ1) is 10.2. The van der Waals surface area contributed by atoms with Gasteiger partial charge in [0.05, 0.1) is 11.4 Å². The lowest BCUT2D eigenvalue weighted by molar-refractivity contribution is -0.117. The second-order valence-electron chi connectivity index (χ2n) is 5.26. The van der Waals surface area contributed by atoms with E-state index in [4.69, 9.17) is 0 Å². The van der Waals surface area contributed by atoms with Gasteiger partial charge in [-0.25, -0.2) is 0 Å². The lowest BCUT2D eigenvalue weighted by Crippen LogP contribution is -2.27. The number of nitrogens with zero attached hydrogens (tertiary/aromatic N) is 2. The molecule has 3 rings (SSSR count). The summed E-state index contributed by atoms with van der Waals surface area (Å²) in [6, 6.07) is 5.37. The molecule has 2 aliphatic heterocycles. The maximum absolute atomic E-state index is 12.0. The van der Waals surface area contributed by atoms with Gasteiger partial charge in [-0.1, -0.05) is 0 Å². The molecule has 6 nitrogen and oxygen atoms in total. The normalized spacial score (nSPS) is 18.5. The van der Waals surface area contributed by atoms with Crippen LogP contribution in [-0.2, 0) is 14.4 Å². The van der Waals surface area contributed by atoms with Gasteiger partial charge in [0.25, 0.3) is 0 Å². The number of carbonyl (C=O) groups is 3. The number of hydrogen-bond acceptors (Lipinski definition) is 3. The number of carbonyl (C=O) groups excluding carboxylic acids is 3. The van der Waals surface area contributed by atoms with Gasteiger partial charge in [-0.2, -0.15) is 0 Å². The van der Waals surface area contributed by atoms with E-state index in [9.17, 15) is 14.4 Å². The van der Waals surface area contributed by atoms with Gasteiger partial charge in [-0.15, -0.1) is 0 Å². The first-order valence-electron chi connectivity index (χ1n) is 7.15. The van der Waals surface area contributed by atoms with Crippen LogP contribution < -0.4 is 15.1 Å². The van der Waals surface area contributed by atoms with Crippen LogP contribution in [-0.4, -0.2) is 31.3 Å². The standard InChI is InChI=1S/C15H17N3O3/c19-10-16-12-6-5-11(17-7-1-3-14(17)20)9-13(12)18-8-2-4-15(18)21/h5-6,9-10H,1-4,7-8H2,(H,16,19). The van der Waals surface area contributed by atoms with Crippen molar-refractivity contribution in [3.63, 3.8) is 0 Å². The fourth-order valence-corrected chi connectivity index (χ4v) is 2.92. The highest BCUT2D eigenvalue weighted by Crippen LogP contribution is 2.34. The van der Waals surface area contributed by atoms with Crippen molar-refractivity contribution in [3.05, 3.63) is 18.2 Å². The summed E-state index contributed by atoms with van der Waals surface area (Å²) < 4.78 is 0. The Morgan fingerprint density at radius 3 is 2.24 bits per heavy atom. The molecule has 0 atom stereocenters. The predicted molar refractivity (Wildman–Crippen MR) is 79.3 cm³/mol. The van der Waals surface area contributed by atoms with E-state index in [-0.39, 0.29) is 11.8 Å². The second kappa shape index (κ2) is 5.55. The maximum atomic E-state index is 12.0. The minimum atomic E-state index is 0.0499. The summed E-state index contributed by atoms with van der Waals surface area (Å²) in [6.07, 6.45) is 3.34. The molecule has 6 heteroatoms. The number of benzene rings is 1. The van der Waals surface area contributed by atoms with Crippen LogP contribution in [0.5, 0.6) is 0 Å². The van der Waals surface area contributed by atoms with Crippen molar-refractivity contribution in [1.29, 1.82) is 0 Å². The van der Waals surface area contributed by atoms with E-state index in [0.29, 0.717) is 43.7 Å². The SMILES string of the molecule is O=CNc1ccc(N2CCCC2=O)cc1N1CCCC1=O. The molecular weight excluding hydrogens is 270 g/mol. The highest BCUT2D eigenvalue weighted by Gasteiger charge is 2.27. The van der Waals surface area contributed by atoms with Gasteiger partial charge in [0.15, 0.2) is 0 Å². The Kier molecular flexibility index (Phi) is 3.60. The Balaban J connectivity index is 1.99. The minimum absolute atomic E-state index is 0.0499. The second-order valence-corrected chi connectivity index (χ2v) is 5.26. The van der Waals surface area contributed by atoms with E-state index in [1.165, 1.54) is 0 Å². The van der Waals surface area contributed by atoms with Gasteiger partial charge in [0.1, 0.15) is 0 Å². The van der Waals surface area contributed by atoms with Crippen molar-refractivity contribution >= 4 is 35.3 Å². The van der Waals surface area contributed by atoms with E-state index in [1.54, 1.807) is 21.9 Å². The molecule has 2 aliphatic rings. The third-order valence-corrected chi connectivity index (χ3v) is 3.95. The fourth-order valence-electron chi connectivity index (χ4n) is 2.92. The van der Waals surface area contributed by atoms with Gasteiger partial charge >= 0.3 is 0 Å². The van der Waals surface area contributed by atoms with Gasteiger partial charge < -0.3 is 15.1 Å². The van der Waals surface area contributed by atoms with Crippen molar-refractivity contribution in [2.24, 2.45) is 0 Å². The predicted octanol–water partition coefficient (Wildman–Crippen LogP) is 1.51. The first-order valence-corrected chi connectivity index (χ1v) is 7.15. The van der Waals surface area contributed by atoms with E-state index in [2.05, 4.69) is 5.32 Å². The van der Waals surface area contributed by atoms with Crippen LogP contribution in [0, 0.1) is 0 Å². The Hall–Kier alpha value is -2.37. The zero-order valence-corrected chi connectivity index (χ0v) is 11.7.